The van der Waals surface area contributed by atoms with Gasteiger partial charge in [-0.1, -0.05) is 0 Å². The van der Waals surface area contributed by atoms with Crippen molar-refractivity contribution in [1.82, 2.24) is 10.2 Å². The van der Waals surface area contributed by atoms with Crippen LogP contribution in [0.1, 0.15) is 54.8 Å². The zero-order valence-electron chi connectivity index (χ0n) is 15.9. The van der Waals surface area contributed by atoms with Gasteiger partial charge in [-0.25, -0.2) is 0 Å². The van der Waals surface area contributed by atoms with E-state index in [1.54, 1.807) is 11.8 Å². The first kappa shape index (κ1) is 19.6. The van der Waals surface area contributed by atoms with Gasteiger partial charge in [-0.2, -0.15) is 0 Å². The summed E-state index contributed by atoms with van der Waals surface area (Å²) in [5.74, 6) is 0.822. The molecule has 1 aromatic rings. The first-order valence-corrected chi connectivity index (χ1v) is 9.80. The Hall–Kier alpha value is -2.15. The van der Waals surface area contributed by atoms with Crippen molar-refractivity contribution >= 4 is 11.8 Å². The number of carbonyl (C=O) groups excluding carboxylic acids is 2. The number of likely N-dealkylation sites (tertiary alicyclic amines) is 1. The molecule has 27 heavy (non-hydrogen) atoms. The van der Waals surface area contributed by atoms with Crippen LogP contribution in [0.15, 0.2) is 21.3 Å². The number of hydrogen-bond acceptors (Lipinski definition) is 5. The summed E-state index contributed by atoms with van der Waals surface area (Å²) in [6, 6.07) is 2.62. The van der Waals surface area contributed by atoms with E-state index in [4.69, 9.17) is 9.15 Å². The molecular formula is C20H28N2O5. The molecular weight excluding hydrogens is 348 g/mol. The SMILES string of the molecule is Cc1cc(=O)cc(C(=O)N2CCC(CCC(=O)NC[C@@H]3CCCO3)CC2)o1. The summed E-state index contributed by atoms with van der Waals surface area (Å²) in [5, 5.41) is 2.95. The molecule has 2 saturated heterocycles. The fourth-order valence-corrected chi connectivity index (χ4v) is 3.75. The lowest BCUT2D eigenvalue weighted by molar-refractivity contribution is -0.122. The average Bonchev–Trinajstić information content (AvgIpc) is 3.17. The van der Waals surface area contributed by atoms with Gasteiger partial charge >= 0.3 is 0 Å². The molecule has 1 aromatic heterocycles. The highest BCUT2D eigenvalue weighted by Crippen LogP contribution is 2.23. The van der Waals surface area contributed by atoms with Crippen LogP contribution in [-0.4, -0.2) is 49.1 Å². The Morgan fingerprint density at radius 2 is 2.00 bits per heavy atom. The second-order valence-corrected chi connectivity index (χ2v) is 7.48. The molecule has 7 heteroatoms. The molecule has 0 aliphatic carbocycles. The molecule has 2 amide bonds. The molecule has 1 atom stereocenters. The highest BCUT2D eigenvalue weighted by atomic mass is 16.5. The Bertz CT molecular complexity index is 715. The lowest BCUT2D eigenvalue weighted by atomic mass is 9.92. The second-order valence-electron chi connectivity index (χ2n) is 7.48. The maximum Gasteiger partial charge on any atom is 0.289 e. The van der Waals surface area contributed by atoms with Gasteiger partial charge in [-0.15, -0.1) is 0 Å². The van der Waals surface area contributed by atoms with Crippen LogP contribution >= 0.6 is 0 Å². The number of ether oxygens (including phenoxy) is 1. The minimum Gasteiger partial charge on any atom is -0.456 e. The zero-order chi connectivity index (χ0) is 19.2. The van der Waals surface area contributed by atoms with E-state index >= 15 is 0 Å². The Morgan fingerprint density at radius 3 is 2.67 bits per heavy atom. The summed E-state index contributed by atoms with van der Waals surface area (Å²) in [5.41, 5.74) is -0.217. The van der Waals surface area contributed by atoms with E-state index in [0.29, 0.717) is 37.7 Å². The molecule has 2 aliphatic heterocycles. The topological polar surface area (TPSA) is 88.9 Å². The monoisotopic (exact) mass is 376 g/mol. The fourth-order valence-electron chi connectivity index (χ4n) is 3.75. The molecule has 0 unspecified atom stereocenters. The van der Waals surface area contributed by atoms with Crippen molar-refractivity contribution in [2.24, 2.45) is 5.92 Å². The highest BCUT2D eigenvalue weighted by Gasteiger charge is 2.25. The number of nitrogens with one attached hydrogen (secondary N) is 1. The van der Waals surface area contributed by atoms with Gasteiger partial charge in [0.15, 0.2) is 11.2 Å². The van der Waals surface area contributed by atoms with Crippen LogP contribution in [0.5, 0.6) is 0 Å². The van der Waals surface area contributed by atoms with Crippen molar-refractivity contribution in [2.45, 2.75) is 51.6 Å². The third-order valence-electron chi connectivity index (χ3n) is 5.33. The van der Waals surface area contributed by atoms with Crippen molar-refractivity contribution < 1.29 is 18.7 Å². The number of carbonyl (C=O) groups is 2. The Morgan fingerprint density at radius 1 is 1.22 bits per heavy atom. The minimum absolute atomic E-state index is 0.0746. The maximum absolute atomic E-state index is 12.5. The highest BCUT2D eigenvalue weighted by molar-refractivity contribution is 5.91. The molecule has 0 radical (unpaired) electrons. The second kappa shape index (κ2) is 9.17. The number of amides is 2. The quantitative estimate of drug-likeness (QED) is 0.819. The predicted molar refractivity (Wildman–Crippen MR) is 99.6 cm³/mol. The van der Waals surface area contributed by atoms with Crippen molar-refractivity contribution in [3.8, 4) is 0 Å². The summed E-state index contributed by atoms with van der Waals surface area (Å²) in [6.07, 6.45) is 5.33. The van der Waals surface area contributed by atoms with Crippen molar-refractivity contribution in [3.05, 3.63) is 33.9 Å². The van der Waals surface area contributed by atoms with E-state index in [0.717, 1.165) is 38.7 Å². The minimum atomic E-state index is -0.233. The van der Waals surface area contributed by atoms with E-state index in [1.807, 2.05) is 0 Å². The van der Waals surface area contributed by atoms with Gasteiger partial charge in [0.1, 0.15) is 5.76 Å². The largest absolute Gasteiger partial charge is 0.456 e. The standard InChI is InChI=1S/C20H28N2O5/c1-14-11-16(23)12-18(27-14)20(25)22-8-6-15(7-9-22)4-5-19(24)21-13-17-3-2-10-26-17/h11-12,15,17H,2-10,13H2,1H3,(H,21,24)/t17-/m0/s1. The van der Waals surface area contributed by atoms with Crippen LogP contribution in [0.25, 0.3) is 0 Å². The average molecular weight is 376 g/mol. The van der Waals surface area contributed by atoms with E-state index in [2.05, 4.69) is 5.32 Å². The number of nitrogens with zero attached hydrogens (tertiary/aromatic N) is 1. The summed E-state index contributed by atoms with van der Waals surface area (Å²) in [4.78, 5) is 37.8. The summed E-state index contributed by atoms with van der Waals surface area (Å²) in [6.45, 7) is 4.31. The molecule has 0 bridgehead atoms. The predicted octanol–water partition coefficient (Wildman–Crippen LogP) is 1.88. The summed E-state index contributed by atoms with van der Waals surface area (Å²) < 4.78 is 10.9. The van der Waals surface area contributed by atoms with Gasteiger partial charge in [0.2, 0.25) is 5.91 Å². The molecule has 7 nitrogen and oxygen atoms in total. The Balaban J connectivity index is 1.38. The van der Waals surface area contributed by atoms with E-state index < -0.39 is 0 Å². The zero-order valence-corrected chi connectivity index (χ0v) is 15.9. The normalized spacial score (nSPS) is 20.6. The molecule has 1 N–H and O–H groups in total. The molecule has 2 aliphatic rings. The molecule has 3 heterocycles. The number of rotatable bonds is 6. The van der Waals surface area contributed by atoms with E-state index in [9.17, 15) is 14.4 Å². The maximum atomic E-state index is 12.5. The van der Waals surface area contributed by atoms with Gasteiger partial charge < -0.3 is 19.4 Å². The van der Waals surface area contributed by atoms with Crippen LogP contribution in [0.3, 0.4) is 0 Å². The fraction of sp³-hybridized carbons (Fsp3) is 0.650. The number of aryl methyl sites for hydroxylation is 1. The summed E-state index contributed by atoms with van der Waals surface area (Å²) in [7, 11) is 0. The van der Waals surface area contributed by atoms with E-state index in [1.165, 1.54) is 12.1 Å². The third kappa shape index (κ3) is 5.66. The molecule has 0 aromatic carbocycles. The van der Waals surface area contributed by atoms with Crippen LogP contribution in [-0.2, 0) is 9.53 Å². The molecule has 0 saturated carbocycles. The smallest absolute Gasteiger partial charge is 0.289 e. The Kier molecular flexibility index (Phi) is 6.66. The third-order valence-corrected chi connectivity index (χ3v) is 5.33. The molecule has 0 spiro atoms. The Labute approximate surface area is 159 Å². The first-order valence-electron chi connectivity index (χ1n) is 9.80. The van der Waals surface area contributed by atoms with Crippen LogP contribution in [0, 0.1) is 12.8 Å². The van der Waals surface area contributed by atoms with Gasteiger partial charge in [0, 0.05) is 44.8 Å². The molecule has 2 fully saturated rings. The van der Waals surface area contributed by atoms with Crippen molar-refractivity contribution in [1.29, 1.82) is 0 Å². The summed E-state index contributed by atoms with van der Waals surface area (Å²) >= 11 is 0. The lowest BCUT2D eigenvalue weighted by Gasteiger charge is -2.31. The van der Waals surface area contributed by atoms with Gasteiger partial charge in [-0.3, -0.25) is 14.4 Å². The van der Waals surface area contributed by atoms with E-state index in [-0.39, 0.29) is 29.1 Å². The van der Waals surface area contributed by atoms with Gasteiger partial charge in [0.25, 0.3) is 5.91 Å². The van der Waals surface area contributed by atoms with Crippen LogP contribution < -0.4 is 10.7 Å². The number of hydrogen-bond donors (Lipinski definition) is 1. The molecule has 3 rings (SSSR count). The first-order chi connectivity index (χ1) is 13.0. The van der Waals surface area contributed by atoms with Crippen molar-refractivity contribution in [2.75, 3.05) is 26.2 Å². The van der Waals surface area contributed by atoms with Crippen molar-refractivity contribution in [3.63, 3.8) is 0 Å². The number of piperidine rings is 1. The van der Waals surface area contributed by atoms with Crippen LogP contribution in [0.2, 0.25) is 0 Å². The van der Waals surface area contributed by atoms with Crippen LogP contribution in [0.4, 0.5) is 0 Å². The van der Waals surface area contributed by atoms with Gasteiger partial charge in [-0.05, 0) is 44.9 Å². The lowest BCUT2D eigenvalue weighted by Crippen LogP contribution is -2.39. The molecule has 148 valence electrons. The van der Waals surface area contributed by atoms with Gasteiger partial charge in [0.05, 0.1) is 6.10 Å².